The highest BCUT2D eigenvalue weighted by molar-refractivity contribution is 5.96. The molecular formula is C22H23N3O4. The van der Waals surface area contributed by atoms with Gasteiger partial charge in [0, 0.05) is 29.3 Å². The van der Waals surface area contributed by atoms with Crippen LogP contribution >= 0.6 is 0 Å². The lowest BCUT2D eigenvalue weighted by Crippen LogP contribution is -2.32. The first-order valence-electron chi connectivity index (χ1n) is 9.58. The minimum atomic E-state index is -0.790. The second-order valence-corrected chi connectivity index (χ2v) is 6.87. The predicted molar refractivity (Wildman–Crippen MR) is 113 cm³/mol. The number of nitrogens with one attached hydrogen (secondary N) is 1. The van der Waals surface area contributed by atoms with Gasteiger partial charge in [-0.25, -0.2) is 0 Å². The number of para-hydroxylation sites is 1. The highest BCUT2D eigenvalue weighted by Gasteiger charge is 2.21. The largest absolute Gasteiger partial charge is 0.324 e. The Kier molecular flexibility index (Phi) is 5.77. The van der Waals surface area contributed by atoms with E-state index >= 15 is 0 Å². The molecule has 0 aliphatic rings. The second kappa shape index (κ2) is 8.26. The van der Waals surface area contributed by atoms with E-state index in [9.17, 15) is 19.7 Å². The van der Waals surface area contributed by atoms with Crippen LogP contribution in [0.15, 0.2) is 53.3 Å². The minimum absolute atomic E-state index is 0.0655. The standard InChI is InChI=1S/C22H23N3O4/c1-4-15-7-6-8-16(5-2)21(15)23-22(27)14(3)24-19-11-10-18(25(28)29)13-17(19)9-12-20(24)26/h6-14H,4-5H2,1-3H3,(H,23,27). The smallest absolute Gasteiger partial charge is 0.270 e. The summed E-state index contributed by atoms with van der Waals surface area (Å²) in [5, 5.41) is 14.6. The molecule has 0 saturated heterocycles. The number of non-ortho nitro benzene ring substituents is 1. The van der Waals surface area contributed by atoms with Crippen LogP contribution in [-0.4, -0.2) is 15.4 Å². The van der Waals surface area contributed by atoms with Crippen LogP contribution in [0.3, 0.4) is 0 Å². The van der Waals surface area contributed by atoms with Crippen molar-refractivity contribution in [3.8, 4) is 0 Å². The molecule has 0 bridgehead atoms. The van der Waals surface area contributed by atoms with E-state index in [1.807, 2.05) is 32.0 Å². The number of rotatable bonds is 6. The third-order valence-electron chi connectivity index (χ3n) is 5.14. The van der Waals surface area contributed by atoms with Crippen LogP contribution in [-0.2, 0) is 17.6 Å². The van der Waals surface area contributed by atoms with Crippen molar-refractivity contribution in [2.24, 2.45) is 0 Å². The zero-order chi connectivity index (χ0) is 21.1. The second-order valence-electron chi connectivity index (χ2n) is 6.87. The monoisotopic (exact) mass is 393 g/mol. The van der Waals surface area contributed by atoms with Gasteiger partial charge >= 0.3 is 0 Å². The zero-order valence-electron chi connectivity index (χ0n) is 16.6. The van der Waals surface area contributed by atoms with E-state index in [0.29, 0.717) is 10.9 Å². The van der Waals surface area contributed by atoms with E-state index in [1.165, 1.54) is 34.9 Å². The first-order valence-corrected chi connectivity index (χ1v) is 9.58. The Hall–Kier alpha value is -3.48. The van der Waals surface area contributed by atoms with Crippen molar-refractivity contribution in [1.29, 1.82) is 0 Å². The van der Waals surface area contributed by atoms with E-state index in [2.05, 4.69) is 5.32 Å². The maximum atomic E-state index is 13.0. The number of carbonyl (C=O) groups excluding carboxylic acids is 1. The summed E-state index contributed by atoms with van der Waals surface area (Å²) in [5.41, 5.74) is 2.93. The Balaban J connectivity index is 2.03. The molecule has 0 aliphatic heterocycles. The first-order chi connectivity index (χ1) is 13.9. The number of aromatic nitrogens is 1. The van der Waals surface area contributed by atoms with Gasteiger partial charge in [0.15, 0.2) is 0 Å². The summed E-state index contributed by atoms with van der Waals surface area (Å²) in [6.07, 6.45) is 1.55. The summed E-state index contributed by atoms with van der Waals surface area (Å²) in [6.45, 7) is 5.70. The van der Waals surface area contributed by atoms with Crippen molar-refractivity contribution in [2.45, 2.75) is 39.7 Å². The Morgan fingerprint density at radius 1 is 1.10 bits per heavy atom. The molecular weight excluding hydrogens is 370 g/mol. The summed E-state index contributed by atoms with van der Waals surface area (Å²) < 4.78 is 1.37. The average Bonchev–Trinajstić information content (AvgIpc) is 2.72. The molecule has 1 unspecified atom stereocenters. The average molecular weight is 393 g/mol. The van der Waals surface area contributed by atoms with Crippen LogP contribution in [0.2, 0.25) is 0 Å². The topological polar surface area (TPSA) is 94.2 Å². The fourth-order valence-electron chi connectivity index (χ4n) is 3.52. The van der Waals surface area contributed by atoms with Gasteiger partial charge in [0.2, 0.25) is 5.91 Å². The van der Waals surface area contributed by atoms with Gasteiger partial charge in [0.1, 0.15) is 6.04 Å². The highest BCUT2D eigenvalue weighted by Crippen LogP contribution is 2.25. The van der Waals surface area contributed by atoms with Crippen molar-refractivity contribution in [3.63, 3.8) is 0 Å². The summed E-state index contributed by atoms with van der Waals surface area (Å²) in [5.74, 6) is -0.312. The molecule has 0 spiro atoms. The Labute approximate surface area is 168 Å². The van der Waals surface area contributed by atoms with Gasteiger partial charge in [0.05, 0.1) is 10.4 Å². The number of hydrogen-bond acceptors (Lipinski definition) is 4. The number of amides is 1. The number of hydrogen-bond donors (Lipinski definition) is 1. The van der Waals surface area contributed by atoms with E-state index < -0.39 is 11.0 Å². The van der Waals surface area contributed by atoms with E-state index in [-0.39, 0.29) is 17.2 Å². The number of nitro groups is 1. The van der Waals surface area contributed by atoms with Gasteiger partial charge < -0.3 is 5.32 Å². The maximum absolute atomic E-state index is 13.0. The van der Waals surface area contributed by atoms with Gasteiger partial charge in [-0.1, -0.05) is 32.0 Å². The summed E-state index contributed by atoms with van der Waals surface area (Å²) >= 11 is 0. The van der Waals surface area contributed by atoms with Crippen molar-refractivity contribution in [1.82, 2.24) is 4.57 Å². The molecule has 1 heterocycles. The normalized spacial score (nSPS) is 12.0. The number of benzene rings is 2. The van der Waals surface area contributed by atoms with Gasteiger partial charge in [0.25, 0.3) is 11.2 Å². The van der Waals surface area contributed by atoms with Gasteiger partial charge in [-0.3, -0.25) is 24.3 Å². The molecule has 1 atom stereocenters. The van der Waals surface area contributed by atoms with E-state index in [4.69, 9.17) is 0 Å². The summed E-state index contributed by atoms with van der Waals surface area (Å²) in [4.78, 5) is 36.1. The predicted octanol–water partition coefficient (Wildman–Crippen LogP) is 4.23. The molecule has 3 aromatic rings. The van der Waals surface area contributed by atoms with Crippen LogP contribution < -0.4 is 10.9 Å². The quantitative estimate of drug-likeness (QED) is 0.501. The number of fused-ring (bicyclic) bond motifs is 1. The van der Waals surface area contributed by atoms with Crippen molar-refractivity contribution < 1.29 is 9.72 Å². The van der Waals surface area contributed by atoms with E-state index in [1.54, 1.807) is 6.92 Å². The summed E-state index contributed by atoms with van der Waals surface area (Å²) in [6, 6.07) is 12.2. The number of pyridine rings is 1. The van der Waals surface area contributed by atoms with E-state index in [0.717, 1.165) is 29.7 Å². The molecule has 150 valence electrons. The highest BCUT2D eigenvalue weighted by atomic mass is 16.6. The number of nitro benzene ring substituents is 1. The van der Waals surface area contributed by atoms with Crippen LogP contribution in [0.4, 0.5) is 11.4 Å². The molecule has 0 saturated carbocycles. The van der Waals surface area contributed by atoms with Crippen LogP contribution in [0.1, 0.15) is 37.9 Å². The lowest BCUT2D eigenvalue weighted by Gasteiger charge is -2.20. The molecule has 7 heteroatoms. The minimum Gasteiger partial charge on any atom is -0.324 e. The van der Waals surface area contributed by atoms with Gasteiger partial charge in [-0.15, -0.1) is 0 Å². The molecule has 1 N–H and O–H groups in total. The van der Waals surface area contributed by atoms with Crippen LogP contribution in [0.5, 0.6) is 0 Å². The molecule has 0 radical (unpaired) electrons. The Morgan fingerprint density at radius 2 is 1.76 bits per heavy atom. The fourth-order valence-corrected chi connectivity index (χ4v) is 3.52. The number of anilines is 1. The van der Waals surface area contributed by atoms with Crippen molar-refractivity contribution in [3.05, 3.63) is 80.1 Å². The number of nitrogens with zero attached hydrogens (tertiary/aromatic N) is 2. The third-order valence-corrected chi connectivity index (χ3v) is 5.14. The van der Waals surface area contributed by atoms with Crippen LogP contribution in [0.25, 0.3) is 10.9 Å². The summed E-state index contributed by atoms with van der Waals surface area (Å²) in [7, 11) is 0. The third kappa shape index (κ3) is 3.89. The molecule has 1 aromatic heterocycles. The zero-order valence-corrected chi connectivity index (χ0v) is 16.6. The molecule has 2 aromatic carbocycles. The molecule has 3 rings (SSSR count). The lowest BCUT2D eigenvalue weighted by molar-refractivity contribution is -0.384. The van der Waals surface area contributed by atoms with Crippen molar-refractivity contribution in [2.75, 3.05) is 5.32 Å². The maximum Gasteiger partial charge on any atom is 0.270 e. The van der Waals surface area contributed by atoms with Crippen molar-refractivity contribution >= 4 is 28.2 Å². The molecule has 1 amide bonds. The number of aryl methyl sites for hydroxylation is 2. The Morgan fingerprint density at radius 3 is 2.34 bits per heavy atom. The van der Waals surface area contributed by atoms with Gasteiger partial charge in [-0.2, -0.15) is 0 Å². The number of carbonyl (C=O) groups is 1. The van der Waals surface area contributed by atoms with Crippen LogP contribution in [0, 0.1) is 10.1 Å². The Bertz CT molecular complexity index is 1130. The lowest BCUT2D eigenvalue weighted by atomic mass is 10.0. The fraction of sp³-hybridized carbons (Fsp3) is 0.273. The molecule has 0 aliphatic carbocycles. The molecule has 0 fully saturated rings. The van der Waals surface area contributed by atoms with Gasteiger partial charge in [-0.05, 0) is 43.0 Å². The molecule has 29 heavy (non-hydrogen) atoms. The SMILES string of the molecule is CCc1cccc(CC)c1NC(=O)C(C)n1c(=O)ccc2cc([N+](=O)[O-])ccc21. The first kappa shape index (κ1) is 20.3. The molecule has 7 nitrogen and oxygen atoms in total.